The van der Waals surface area contributed by atoms with Crippen molar-refractivity contribution in [2.75, 3.05) is 0 Å². The Hall–Kier alpha value is -1.18. The second-order valence-electron chi connectivity index (χ2n) is 6.14. The minimum Gasteiger partial charge on any atom is -0.508 e. The Bertz CT molecular complexity index is 363. The number of rotatable bonds is 8. The number of benzene rings is 1. The van der Waals surface area contributed by atoms with E-state index in [1.807, 2.05) is 0 Å². The predicted octanol–water partition coefficient (Wildman–Crippen LogP) is 5.13. The molecule has 0 bridgehead atoms. The number of hydrogen-bond donors (Lipinski definition) is 2. The van der Waals surface area contributed by atoms with Crippen molar-refractivity contribution in [3.8, 4) is 11.5 Å². The third-order valence-corrected chi connectivity index (χ3v) is 3.84. The molecule has 2 N–H and O–H groups in total. The van der Waals surface area contributed by atoms with Gasteiger partial charge in [0.25, 0.3) is 0 Å². The molecule has 0 radical (unpaired) electrons. The maximum Gasteiger partial charge on any atom is 0.119 e. The van der Waals surface area contributed by atoms with Crippen LogP contribution >= 0.6 is 0 Å². The summed E-state index contributed by atoms with van der Waals surface area (Å²) in [5, 5.41) is 19.1. The molecule has 1 aromatic rings. The van der Waals surface area contributed by atoms with Crippen molar-refractivity contribution in [2.24, 2.45) is 0 Å². The highest BCUT2D eigenvalue weighted by Gasteiger charge is 2.21. The van der Waals surface area contributed by atoms with E-state index in [1.165, 1.54) is 44.6 Å². The van der Waals surface area contributed by atoms with Crippen LogP contribution in [0.5, 0.6) is 11.5 Å². The van der Waals surface area contributed by atoms with E-state index in [0.717, 1.165) is 12.0 Å². The molecule has 0 spiro atoms. The first-order chi connectivity index (χ1) is 8.95. The topological polar surface area (TPSA) is 40.5 Å². The van der Waals surface area contributed by atoms with Crippen LogP contribution in [0.1, 0.15) is 71.3 Å². The van der Waals surface area contributed by atoms with Crippen LogP contribution in [0.4, 0.5) is 0 Å². The molecule has 0 aliphatic heterocycles. The lowest BCUT2D eigenvalue weighted by Crippen LogP contribution is -2.16. The van der Waals surface area contributed by atoms with Gasteiger partial charge in [0.15, 0.2) is 0 Å². The first-order valence-corrected chi connectivity index (χ1v) is 7.49. The van der Waals surface area contributed by atoms with E-state index in [9.17, 15) is 10.2 Å². The summed E-state index contributed by atoms with van der Waals surface area (Å²) in [5.41, 5.74) is 1.01. The summed E-state index contributed by atoms with van der Waals surface area (Å²) in [6.07, 6.45) is 8.83. The monoisotopic (exact) mass is 264 g/mol. The minimum atomic E-state index is 0.000969. The maximum absolute atomic E-state index is 9.57. The van der Waals surface area contributed by atoms with E-state index >= 15 is 0 Å². The number of phenols is 2. The van der Waals surface area contributed by atoms with E-state index in [1.54, 1.807) is 12.1 Å². The highest BCUT2D eigenvalue weighted by molar-refractivity contribution is 5.39. The summed E-state index contributed by atoms with van der Waals surface area (Å²) in [5.74, 6) is 0.289. The van der Waals surface area contributed by atoms with Crippen LogP contribution in [0.2, 0.25) is 0 Å². The lowest BCUT2D eigenvalue weighted by atomic mass is 9.80. The zero-order chi connectivity index (χ0) is 14.3. The van der Waals surface area contributed by atoms with Crippen molar-refractivity contribution >= 4 is 0 Å². The van der Waals surface area contributed by atoms with Crippen molar-refractivity contribution in [2.45, 2.75) is 71.1 Å². The summed E-state index contributed by atoms with van der Waals surface area (Å²) in [6, 6.07) is 4.90. The first-order valence-electron chi connectivity index (χ1n) is 7.49. The van der Waals surface area contributed by atoms with Crippen LogP contribution in [0, 0.1) is 0 Å². The fourth-order valence-corrected chi connectivity index (χ4v) is 2.48. The van der Waals surface area contributed by atoms with Gasteiger partial charge in [-0.1, -0.05) is 59.3 Å². The van der Waals surface area contributed by atoms with Gasteiger partial charge in [-0.2, -0.15) is 0 Å². The Kier molecular flexibility index (Phi) is 6.20. The molecule has 108 valence electrons. The molecular weight excluding hydrogens is 236 g/mol. The third-order valence-electron chi connectivity index (χ3n) is 3.84. The Morgan fingerprint density at radius 3 is 1.95 bits per heavy atom. The largest absolute Gasteiger partial charge is 0.508 e. The van der Waals surface area contributed by atoms with Crippen molar-refractivity contribution in [1.29, 1.82) is 0 Å². The van der Waals surface area contributed by atoms with Gasteiger partial charge in [0.1, 0.15) is 11.5 Å². The molecule has 0 saturated heterocycles. The Morgan fingerprint density at radius 2 is 1.37 bits per heavy atom. The summed E-state index contributed by atoms with van der Waals surface area (Å²) in [7, 11) is 0. The van der Waals surface area contributed by atoms with E-state index in [-0.39, 0.29) is 16.9 Å². The van der Waals surface area contributed by atoms with Gasteiger partial charge < -0.3 is 10.2 Å². The normalized spacial score (nSPS) is 11.7. The SMILES string of the molecule is CCCCCCCCC(C)(C)c1cc(O)cc(O)c1. The summed E-state index contributed by atoms with van der Waals surface area (Å²) >= 11 is 0. The zero-order valence-electron chi connectivity index (χ0n) is 12.6. The average Bonchev–Trinajstić information content (AvgIpc) is 2.32. The minimum absolute atomic E-state index is 0.000969. The van der Waals surface area contributed by atoms with Crippen LogP contribution < -0.4 is 0 Å². The molecule has 0 unspecified atom stereocenters. The van der Waals surface area contributed by atoms with Gasteiger partial charge in [-0.15, -0.1) is 0 Å². The fraction of sp³-hybridized carbons (Fsp3) is 0.647. The molecule has 0 heterocycles. The van der Waals surface area contributed by atoms with Gasteiger partial charge in [-0.25, -0.2) is 0 Å². The fourth-order valence-electron chi connectivity index (χ4n) is 2.48. The van der Waals surface area contributed by atoms with Crippen molar-refractivity contribution in [3.05, 3.63) is 23.8 Å². The molecule has 2 heteroatoms. The van der Waals surface area contributed by atoms with E-state index in [0.29, 0.717) is 0 Å². The second-order valence-corrected chi connectivity index (χ2v) is 6.14. The van der Waals surface area contributed by atoms with Gasteiger partial charge in [0.2, 0.25) is 0 Å². The number of aromatic hydroxyl groups is 2. The first kappa shape index (κ1) is 15.9. The van der Waals surface area contributed by atoms with E-state index < -0.39 is 0 Å². The van der Waals surface area contributed by atoms with Gasteiger partial charge in [0, 0.05) is 6.07 Å². The van der Waals surface area contributed by atoms with Crippen LogP contribution in [0.25, 0.3) is 0 Å². The Balaban J connectivity index is 2.46. The molecule has 0 aromatic heterocycles. The quantitative estimate of drug-likeness (QED) is 0.639. The Morgan fingerprint density at radius 1 is 0.842 bits per heavy atom. The second kappa shape index (κ2) is 7.42. The third kappa shape index (κ3) is 5.54. The average molecular weight is 264 g/mol. The summed E-state index contributed by atoms with van der Waals surface area (Å²) in [6.45, 7) is 6.58. The molecule has 0 saturated carbocycles. The number of unbranched alkanes of at least 4 members (excludes halogenated alkanes) is 5. The van der Waals surface area contributed by atoms with E-state index in [4.69, 9.17) is 0 Å². The highest BCUT2D eigenvalue weighted by Crippen LogP contribution is 2.34. The van der Waals surface area contributed by atoms with Crippen molar-refractivity contribution in [3.63, 3.8) is 0 Å². The van der Waals surface area contributed by atoms with Gasteiger partial charge >= 0.3 is 0 Å². The molecule has 1 rings (SSSR count). The molecule has 1 aromatic carbocycles. The smallest absolute Gasteiger partial charge is 0.119 e. The van der Waals surface area contributed by atoms with Crippen LogP contribution in [-0.2, 0) is 5.41 Å². The molecule has 19 heavy (non-hydrogen) atoms. The number of phenolic OH excluding ortho intramolecular Hbond substituents is 2. The lowest BCUT2D eigenvalue weighted by molar-refractivity contribution is 0.422. The molecule has 0 amide bonds. The zero-order valence-corrected chi connectivity index (χ0v) is 12.6. The molecular formula is C17H28O2. The van der Waals surface area contributed by atoms with Crippen LogP contribution in [-0.4, -0.2) is 10.2 Å². The summed E-state index contributed by atoms with van der Waals surface area (Å²) < 4.78 is 0. The molecule has 2 nitrogen and oxygen atoms in total. The number of hydrogen-bond acceptors (Lipinski definition) is 2. The van der Waals surface area contributed by atoms with E-state index in [2.05, 4.69) is 20.8 Å². The highest BCUT2D eigenvalue weighted by atomic mass is 16.3. The van der Waals surface area contributed by atoms with Crippen molar-refractivity contribution < 1.29 is 10.2 Å². The van der Waals surface area contributed by atoms with Gasteiger partial charge in [-0.05, 0) is 29.5 Å². The van der Waals surface area contributed by atoms with Crippen molar-refractivity contribution in [1.82, 2.24) is 0 Å². The maximum atomic E-state index is 9.57. The molecule has 0 fully saturated rings. The van der Waals surface area contributed by atoms with Crippen LogP contribution in [0.15, 0.2) is 18.2 Å². The lowest BCUT2D eigenvalue weighted by Gasteiger charge is -2.25. The molecule has 0 atom stereocenters. The Labute approximate surface area is 117 Å². The standard InChI is InChI=1S/C17H28O2/c1-4-5-6-7-8-9-10-17(2,3)14-11-15(18)13-16(19)12-14/h11-13,18-19H,4-10H2,1-3H3. The molecule has 0 aliphatic rings. The summed E-state index contributed by atoms with van der Waals surface area (Å²) in [4.78, 5) is 0. The molecule has 0 aliphatic carbocycles. The predicted molar refractivity (Wildman–Crippen MR) is 80.8 cm³/mol. The van der Waals surface area contributed by atoms with Gasteiger partial charge in [0.05, 0.1) is 0 Å². The van der Waals surface area contributed by atoms with Gasteiger partial charge in [-0.3, -0.25) is 0 Å². The van der Waals surface area contributed by atoms with Crippen LogP contribution in [0.3, 0.4) is 0 Å².